The molecular weight excluding hydrogens is 468 g/mol. The summed E-state index contributed by atoms with van der Waals surface area (Å²) in [5.74, 6) is -0.987. The minimum Gasteiger partial charge on any atom is -0.452 e. The van der Waals surface area contributed by atoms with Crippen LogP contribution in [-0.4, -0.2) is 72.1 Å². The summed E-state index contributed by atoms with van der Waals surface area (Å²) in [6.07, 6.45) is 3.44. The SMILES string of the molecule is O=C(OCC(=O)N1CCN(S(=O)(=O)c2ccc(Cl)cc2)CC1)c1ccc(-n2cccn2)cc1. The van der Waals surface area contributed by atoms with Crippen molar-refractivity contribution in [1.82, 2.24) is 19.0 Å². The predicted molar refractivity (Wildman–Crippen MR) is 121 cm³/mol. The largest absolute Gasteiger partial charge is 0.452 e. The molecule has 1 fully saturated rings. The lowest BCUT2D eigenvalue weighted by Crippen LogP contribution is -2.51. The highest BCUT2D eigenvalue weighted by Gasteiger charge is 2.30. The molecule has 0 saturated carbocycles. The maximum absolute atomic E-state index is 12.8. The lowest BCUT2D eigenvalue weighted by molar-refractivity contribution is -0.135. The van der Waals surface area contributed by atoms with Gasteiger partial charge in [0, 0.05) is 43.6 Å². The molecule has 9 nitrogen and oxygen atoms in total. The number of esters is 1. The predicted octanol–water partition coefficient (Wildman–Crippen LogP) is 2.22. The van der Waals surface area contributed by atoms with Gasteiger partial charge < -0.3 is 9.64 Å². The highest BCUT2D eigenvalue weighted by molar-refractivity contribution is 7.89. The summed E-state index contributed by atoms with van der Waals surface area (Å²) in [5.41, 5.74) is 1.11. The molecule has 1 saturated heterocycles. The molecule has 2 heterocycles. The Bertz CT molecular complexity index is 1220. The first-order valence-electron chi connectivity index (χ1n) is 10.2. The van der Waals surface area contributed by atoms with E-state index in [0.29, 0.717) is 10.6 Å². The van der Waals surface area contributed by atoms with Gasteiger partial charge in [0.2, 0.25) is 10.0 Å². The molecule has 0 spiro atoms. The van der Waals surface area contributed by atoms with Gasteiger partial charge in [0.25, 0.3) is 5.91 Å². The van der Waals surface area contributed by atoms with Gasteiger partial charge in [-0.15, -0.1) is 0 Å². The lowest BCUT2D eigenvalue weighted by Gasteiger charge is -2.33. The van der Waals surface area contributed by atoms with Crippen LogP contribution < -0.4 is 0 Å². The van der Waals surface area contributed by atoms with Gasteiger partial charge in [0.1, 0.15) is 0 Å². The number of rotatable bonds is 6. The standard InChI is InChI=1S/C22H21ClN4O5S/c23-18-4-8-20(9-5-18)33(30,31)26-14-12-25(13-15-26)21(28)16-32-22(29)17-2-6-19(7-3-17)27-11-1-10-24-27/h1-11H,12-16H2. The van der Waals surface area contributed by atoms with Gasteiger partial charge >= 0.3 is 5.97 Å². The molecule has 2 aromatic carbocycles. The topological polar surface area (TPSA) is 102 Å². The van der Waals surface area contributed by atoms with E-state index in [9.17, 15) is 18.0 Å². The zero-order chi connectivity index (χ0) is 23.4. The summed E-state index contributed by atoms with van der Waals surface area (Å²) in [6, 6.07) is 14.4. The number of aromatic nitrogens is 2. The fraction of sp³-hybridized carbons (Fsp3) is 0.227. The molecule has 0 radical (unpaired) electrons. The molecule has 1 aliphatic rings. The van der Waals surface area contributed by atoms with E-state index in [1.165, 1.54) is 33.5 Å². The van der Waals surface area contributed by atoms with E-state index in [2.05, 4.69) is 5.10 Å². The fourth-order valence-corrected chi connectivity index (χ4v) is 4.96. The second-order valence-electron chi connectivity index (χ2n) is 7.31. The Morgan fingerprint density at radius 2 is 1.64 bits per heavy atom. The molecule has 0 atom stereocenters. The highest BCUT2D eigenvalue weighted by Crippen LogP contribution is 2.20. The van der Waals surface area contributed by atoms with Crippen molar-refractivity contribution < 1.29 is 22.7 Å². The molecule has 1 aromatic heterocycles. The number of carbonyl (C=O) groups is 2. The first kappa shape index (κ1) is 23.0. The van der Waals surface area contributed by atoms with Crippen LogP contribution in [0.1, 0.15) is 10.4 Å². The fourth-order valence-electron chi connectivity index (χ4n) is 3.41. The van der Waals surface area contributed by atoms with Gasteiger partial charge in [-0.25, -0.2) is 17.9 Å². The third kappa shape index (κ3) is 5.24. The van der Waals surface area contributed by atoms with Gasteiger partial charge in [-0.2, -0.15) is 9.40 Å². The average molecular weight is 489 g/mol. The van der Waals surface area contributed by atoms with Crippen molar-refractivity contribution >= 4 is 33.5 Å². The second-order valence-corrected chi connectivity index (χ2v) is 9.69. The lowest BCUT2D eigenvalue weighted by atomic mass is 10.2. The number of carbonyl (C=O) groups excluding carboxylic acids is 2. The molecule has 4 rings (SSSR count). The van der Waals surface area contributed by atoms with Crippen LogP contribution in [-0.2, 0) is 19.6 Å². The highest BCUT2D eigenvalue weighted by atomic mass is 35.5. The quantitative estimate of drug-likeness (QED) is 0.493. The summed E-state index contributed by atoms with van der Waals surface area (Å²) >= 11 is 5.83. The smallest absolute Gasteiger partial charge is 0.338 e. The Kier molecular flexibility index (Phi) is 6.77. The number of hydrogen-bond donors (Lipinski definition) is 0. The van der Waals surface area contributed by atoms with Crippen LogP contribution in [0.5, 0.6) is 0 Å². The van der Waals surface area contributed by atoms with E-state index < -0.39 is 22.6 Å². The van der Waals surface area contributed by atoms with Crippen molar-refractivity contribution in [2.75, 3.05) is 32.8 Å². The Balaban J connectivity index is 1.28. The number of piperazine rings is 1. The normalized spacial score (nSPS) is 14.8. The summed E-state index contributed by atoms with van der Waals surface area (Å²) < 4.78 is 33.6. The maximum atomic E-state index is 12.8. The van der Waals surface area contributed by atoms with Crippen LogP contribution in [0.15, 0.2) is 71.9 Å². The first-order valence-corrected chi connectivity index (χ1v) is 12.0. The Labute approximate surface area is 196 Å². The van der Waals surface area contributed by atoms with E-state index in [1.807, 2.05) is 0 Å². The van der Waals surface area contributed by atoms with E-state index in [1.54, 1.807) is 47.4 Å². The Morgan fingerprint density at radius 1 is 0.970 bits per heavy atom. The summed E-state index contributed by atoms with van der Waals surface area (Å²) in [5, 5.41) is 4.57. The van der Waals surface area contributed by atoms with Gasteiger partial charge in [-0.1, -0.05) is 11.6 Å². The van der Waals surface area contributed by atoms with E-state index >= 15 is 0 Å². The van der Waals surface area contributed by atoms with Crippen LogP contribution in [0.3, 0.4) is 0 Å². The van der Waals surface area contributed by atoms with E-state index in [-0.39, 0.29) is 37.0 Å². The van der Waals surface area contributed by atoms with Crippen molar-refractivity contribution in [2.45, 2.75) is 4.90 Å². The van der Waals surface area contributed by atoms with Crippen molar-refractivity contribution in [1.29, 1.82) is 0 Å². The molecule has 0 N–H and O–H groups in total. The van der Waals surface area contributed by atoms with Gasteiger partial charge in [-0.3, -0.25) is 4.79 Å². The van der Waals surface area contributed by atoms with Crippen LogP contribution in [0.25, 0.3) is 5.69 Å². The van der Waals surface area contributed by atoms with Crippen molar-refractivity contribution in [3.63, 3.8) is 0 Å². The number of hydrogen-bond acceptors (Lipinski definition) is 6. The molecule has 0 unspecified atom stereocenters. The zero-order valence-corrected chi connectivity index (χ0v) is 19.1. The second kappa shape index (κ2) is 9.74. The third-order valence-corrected chi connectivity index (χ3v) is 7.41. The summed E-state index contributed by atoms with van der Waals surface area (Å²) in [4.78, 5) is 26.4. The molecule has 3 aromatic rings. The van der Waals surface area contributed by atoms with Crippen LogP contribution in [0.2, 0.25) is 5.02 Å². The monoisotopic (exact) mass is 488 g/mol. The van der Waals surface area contributed by atoms with Crippen LogP contribution in [0, 0.1) is 0 Å². The van der Waals surface area contributed by atoms with E-state index in [0.717, 1.165) is 5.69 Å². The van der Waals surface area contributed by atoms with Gasteiger partial charge in [-0.05, 0) is 54.6 Å². The molecule has 0 bridgehead atoms. The number of ether oxygens (including phenoxy) is 1. The molecule has 1 aliphatic heterocycles. The minimum absolute atomic E-state index is 0.152. The van der Waals surface area contributed by atoms with Crippen molar-refractivity contribution in [3.05, 3.63) is 77.6 Å². The maximum Gasteiger partial charge on any atom is 0.338 e. The molecule has 1 amide bonds. The molecule has 33 heavy (non-hydrogen) atoms. The molecule has 11 heteroatoms. The van der Waals surface area contributed by atoms with Crippen molar-refractivity contribution in [2.24, 2.45) is 0 Å². The number of benzene rings is 2. The Morgan fingerprint density at radius 3 is 2.24 bits per heavy atom. The molecule has 0 aliphatic carbocycles. The third-order valence-electron chi connectivity index (χ3n) is 5.24. The van der Waals surface area contributed by atoms with Crippen LogP contribution >= 0.6 is 11.6 Å². The van der Waals surface area contributed by atoms with Gasteiger partial charge in [0.05, 0.1) is 16.1 Å². The van der Waals surface area contributed by atoms with E-state index in [4.69, 9.17) is 16.3 Å². The number of nitrogens with zero attached hydrogens (tertiary/aromatic N) is 4. The molecular formula is C22H21ClN4O5S. The minimum atomic E-state index is -3.66. The van der Waals surface area contributed by atoms with Crippen LogP contribution in [0.4, 0.5) is 0 Å². The Hall–Kier alpha value is -3.21. The summed E-state index contributed by atoms with van der Waals surface area (Å²) in [6.45, 7) is 0.312. The first-order chi connectivity index (χ1) is 15.8. The average Bonchev–Trinajstić information content (AvgIpc) is 3.38. The number of halogens is 1. The number of amides is 1. The zero-order valence-electron chi connectivity index (χ0n) is 17.5. The molecule has 172 valence electrons. The van der Waals surface area contributed by atoms with Crippen molar-refractivity contribution in [3.8, 4) is 5.69 Å². The summed E-state index contributed by atoms with van der Waals surface area (Å²) in [7, 11) is -3.66. The number of sulfonamides is 1. The van der Waals surface area contributed by atoms with Gasteiger partial charge in [0.15, 0.2) is 6.61 Å².